The molecule has 0 fully saturated rings. The van der Waals surface area contributed by atoms with Crippen LogP contribution in [0.5, 0.6) is 0 Å². The third-order valence-electron chi connectivity index (χ3n) is 2.65. The summed E-state index contributed by atoms with van der Waals surface area (Å²) in [6.07, 6.45) is 3.08. The number of hydrogen-bond acceptors (Lipinski definition) is 4. The number of carboxylic acid groups (broad SMARTS) is 1. The highest BCUT2D eigenvalue weighted by Crippen LogP contribution is 2.26. The molecule has 2 aromatic heterocycles. The number of halogens is 1. The number of hydrogen-bond donors (Lipinski definition) is 1. The van der Waals surface area contributed by atoms with Gasteiger partial charge in [0.25, 0.3) is 0 Å². The molecule has 5 nitrogen and oxygen atoms in total. The van der Waals surface area contributed by atoms with Gasteiger partial charge in [-0.25, -0.2) is 14.5 Å². The van der Waals surface area contributed by atoms with E-state index in [9.17, 15) is 9.90 Å². The van der Waals surface area contributed by atoms with Gasteiger partial charge in [0.1, 0.15) is 16.3 Å². The van der Waals surface area contributed by atoms with Crippen LogP contribution in [0.2, 0.25) is 5.02 Å². The van der Waals surface area contributed by atoms with E-state index in [-0.39, 0.29) is 5.56 Å². The molecule has 3 aromatic rings. The maximum absolute atomic E-state index is 11.3. The largest absolute Gasteiger partial charge is 0.478 e. The minimum Gasteiger partial charge on any atom is -0.478 e. The standard InChI is InChI=1S/C13H8ClN3O2S/c14-8-2-1-3-9(6-8)17-7-10(13(18)19)11(16-17)12-15-4-5-20-12/h1-7H,(H,18,19). The van der Waals surface area contributed by atoms with E-state index >= 15 is 0 Å². The van der Waals surface area contributed by atoms with Gasteiger partial charge in [0.2, 0.25) is 0 Å². The van der Waals surface area contributed by atoms with Crippen LogP contribution in [0.3, 0.4) is 0 Å². The van der Waals surface area contributed by atoms with Crippen molar-refractivity contribution in [3.8, 4) is 16.4 Å². The summed E-state index contributed by atoms with van der Waals surface area (Å²) in [5, 5.41) is 16.5. The van der Waals surface area contributed by atoms with Gasteiger partial charge in [0.15, 0.2) is 0 Å². The van der Waals surface area contributed by atoms with Gasteiger partial charge >= 0.3 is 5.97 Å². The van der Waals surface area contributed by atoms with Crippen molar-refractivity contribution < 1.29 is 9.90 Å². The molecule has 0 aliphatic rings. The van der Waals surface area contributed by atoms with E-state index in [0.29, 0.717) is 21.4 Å². The second-order valence-corrected chi connectivity index (χ2v) is 5.29. The molecule has 0 bridgehead atoms. The smallest absolute Gasteiger partial charge is 0.339 e. The van der Waals surface area contributed by atoms with Crippen LogP contribution in [0.15, 0.2) is 42.0 Å². The molecule has 3 rings (SSSR count). The predicted octanol–water partition coefficient (Wildman–Crippen LogP) is 3.35. The van der Waals surface area contributed by atoms with Crippen LogP contribution < -0.4 is 0 Å². The summed E-state index contributed by atoms with van der Waals surface area (Å²) in [6, 6.07) is 7.04. The molecule has 20 heavy (non-hydrogen) atoms. The van der Waals surface area contributed by atoms with E-state index in [2.05, 4.69) is 10.1 Å². The minimum atomic E-state index is -1.04. The molecular formula is C13H8ClN3O2S. The maximum atomic E-state index is 11.3. The molecular weight excluding hydrogens is 298 g/mol. The first-order chi connectivity index (χ1) is 9.65. The molecule has 0 aliphatic carbocycles. The zero-order chi connectivity index (χ0) is 14.1. The van der Waals surface area contributed by atoms with Crippen LogP contribution in [-0.2, 0) is 0 Å². The molecule has 2 heterocycles. The molecule has 0 aliphatic heterocycles. The Morgan fingerprint density at radius 1 is 1.40 bits per heavy atom. The Labute approximate surface area is 123 Å². The lowest BCUT2D eigenvalue weighted by Gasteiger charge is -2.00. The van der Waals surface area contributed by atoms with Crippen molar-refractivity contribution in [2.24, 2.45) is 0 Å². The highest BCUT2D eigenvalue weighted by atomic mass is 35.5. The average molecular weight is 306 g/mol. The third kappa shape index (κ3) is 2.31. The van der Waals surface area contributed by atoms with Gasteiger partial charge in [-0.3, -0.25) is 0 Å². The summed E-state index contributed by atoms with van der Waals surface area (Å²) in [5.41, 5.74) is 1.16. The van der Waals surface area contributed by atoms with Crippen molar-refractivity contribution >= 4 is 28.9 Å². The lowest BCUT2D eigenvalue weighted by molar-refractivity contribution is 0.0697. The van der Waals surface area contributed by atoms with Crippen molar-refractivity contribution in [1.29, 1.82) is 0 Å². The molecule has 1 aromatic carbocycles. The van der Waals surface area contributed by atoms with Crippen LogP contribution in [0.1, 0.15) is 10.4 Å². The molecule has 0 spiro atoms. The summed E-state index contributed by atoms with van der Waals surface area (Å²) in [5.74, 6) is -1.04. The summed E-state index contributed by atoms with van der Waals surface area (Å²) >= 11 is 7.28. The van der Waals surface area contributed by atoms with E-state index < -0.39 is 5.97 Å². The van der Waals surface area contributed by atoms with Crippen molar-refractivity contribution in [3.05, 3.63) is 52.6 Å². The van der Waals surface area contributed by atoms with Crippen molar-refractivity contribution in [2.45, 2.75) is 0 Å². The number of nitrogens with zero attached hydrogens (tertiary/aromatic N) is 3. The lowest BCUT2D eigenvalue weighted by Crippen LogP contribution is -1.96. The Balaban J connectivity index is 2.15. The number of carbonyl (C=O) groups is 1. The number of carboxylic acids is 1. The number of aromatic carboxylic acids is 1. The monoisotopic (exact) mass is 305 g/mol. The molecule has 0 saturated heterocycles. The summed E-state index contributed by atoms with van der Waals surface area (Å²) in [7, 11) is 0. The Morgan fingerprint density at radius 2 is 2.25 bits per heavy atom. The Hall–Kier alpha value is -2.18. The van der Waals surface area contributed by atoms with Gasteiger partial charge in [-0.05, 0) is 18.2 Å². The molecule has 100 valence electrons. The summed E-state index contributed by atoms with van der Waals surface area (Å²) in [4.78, 5) is 15.4. The van der Waals surface area contributed by atoms with Crippen LogP contribution in [0.4, 0.5) is 0 Å². The van der Waals surface area contributed by atoms with E-state index in [0.717, 1.165) is 0 Å². The van der Waals surface area contributed by atoms with Crippen molar-refractivity contribution in [3.63, 3.8) is 0 Å². The molecule has 7 heteroatoms. The van der Waals surface area contributed by atoms with Crippen LogP contribution in [-0.4, -0.2) is 25.8 Å². The fourth-order valence-electron chi connectivity index (χ4n) is 1.78. The lowest BCUT2D eigenvalue weighted by atomic mass is 10.2. The van der Waals surface area contributed by atoms with Gasteiger partial charge in [-0.15, -0.1) is 11.3 Å². The van der Waals surface area contributed by atoms with E-state index in [1.165, 1.54) is 22.2 Å². The van der Waals surface area contributed by atoms with Gasteiger partial charge < -0.3 is 5.11 Å². The summed E-state index contributed by atoms with van der Waals surface area (Å²) in [6.45, 7) is 0. The van der Waals surface area contributed by atoms with Crippen molar-refractivity contribution in [1.82, 2.24) is 14.8 Å². The summed E-state index contributed by atoms with van der Waals surface area (Å²) < 4.78 is 1.49. The second-order valence-electron chi connectivity index (χ2n) is 3.96. The second kappa shape index (κ2) is 5.07. The van der Waals surface area contributed by atoms with Gasteiger partial charge in [0, 0.05) is 22.8 Å². The quantitative estimate of drug-likeness (QED) is 0.805. The fraction of sp³-hybridized carbons (Fsp3) is 0. The molecule has 0 unspecified atom stereocenters. The fourth-order valence-corrected chi connectivity index (χ4v) is 2.60. The molecule has 0 radical (unpaired) electrons. The number of benzene rings is 1. The van der Waals surface area contributed by atoms with Gasteiger partial charge in [-0.1, -0.05) is 17.7 Å². The zero-order valence-electron chi connectivity index (χ0n) is 10.0. The van der Waals surface area contributed by atoms with Gasteiger partial charge in [-0.2, -0.15) is 5.10 Å². The molecule has 0 saturated carbocycles. The SMILES string of the molecule is O=C(O)c1cn(-c2cccc(Cl)c2)nc1-c1nccs1. The highest BCUT2D eigenvalue weighted by Gasteiger charge is 2.19. The maximum Gasteiger partial charge on any atom is 0.339 e. The van der Waals surface area contributed by atoms with E-state index in [4.69, 9.17) is 11.6 Å². The molecule has 0 atom stereocenters. The first-order valence-corrected chi connectivity index (χ1v) is 6.89. The normalized spacial score (nSPS) is 10.7. The molecule has 0 amide bonds. The number of aromatic nitrogens is 3. The Morgan fingerprint density at radius 3 is 2.90 bits per heavy atom. The first-order valence-electron chi connectivity index (χ1n) is 5.64. The third-order valence-corrected chi connectivity index (χ3v) is 3.67. The van der Waals surface area contributed by atoms with E-state index in [1.54, 1.807) is 35.8 Å². The minimum absolute atomic E-state index is 0.111. The average Bonchev–Trinajstić information content (AvgIpc) is 3.08. The van der Waals surface area contributed by atoms with Crippen LogP contribution in [0, 0.1) is 0 Å². The molecule has 1 N–H and O–H groups in total. The first kappa shape index (κ1) is 12.8. The predicted molar refractivity (Wildman–Crippen MR) is 76.6 cm³/mol. The number of rotatable bonds is 3. The van der Waals surface area contributed by atoms with Crippen molar-refractivity contribution in [2.75, 3.05) is 0 Å². The van der Waals surface area contributed by atoms with E-state index in [1.807, 2.05) is 0 Å². The highest BCUT2D eigenvalue weighted by molar-refractivity contribution is 7.13. The van der Waals surface area contributed by atoms with Gasteiger partial charge in [0.05, 0.1) is 5.69 Å². The van der Waals surface area contributed by atoms with Crippen LogP contribution >= 0.6 is 22.9 Å². The van der Waals surface area contributed by atoms with Crippen LogP contribution in [0.25, 0.3) is 16.4 Å². The Bertz CT molecular complexity index is 768. The number of thiazole rings is 1. The zero-order valence-corrected chi connectivity index (χ0v) is 11.6. The topological polar surface area (TPSA) is 68.0 Å². The Kier molecular flexibility index (Phi) is 3.25.